The Hall–Kier alpha value is -3.68. The van der Waals surface area contributed by atoms with Crippen LogP contribution in [0.15, 0.2) is 54.6 Å². The molecular formula is C25H27N3O5. The van der Waals surface area contributed by atoms with Gasteiger partial charge in [0.05, 0.1) is 17.7 Å². The molecule has 1 N–H and O–H groups in total. The Balaban J connectivity index is 1.50. The minimum Gasteiger partial charge on any atom is -0.450 e. The number of nitrogens with one attached hydrogen (secondary N) is 1. The molecule has 1 unspecified atom stereocenters. The van der Waals surface area contributed by atoms with Gasteiger partial charge in [-0.3, -0.25) is 19.3 Å². The molecule has 2 aliphatic rings. The van der Waals surface area contributed by atoms with Gasteiger partial charge in [0.1, 0.15) is 6.04 Å². The highest BCUT2D eigenvalue weighted by Crippen LogP contribution is 2.26. The van der Waals surface area contributed by atoms with Crippen molar-refractivity contribution in [3.63, 3.8) is 0 Å². The van der Waals surface area contributed by atoms with Gasteiger partial charge >= 0.3 is 6.09 Å². The number of fused-ring (bicyclic) bond motifs is 1. The summed E-state index contributed by atoms with van der Waals surface area (Å²) in [6.45, 7) is 3.02. The van der Waals surface area contributed by atoms with Crippen LogP contribution in [0.2, 0.25) is 0 Å². The van der Waals surface area contributed by atoms with Crippen molar-refractivity contribution in [1.29, 1.82) is 0 Å². The fraction of sp³-hybridized carbons (Fsp3) is 0.360. The van der Waals surface area contributed by atoms with Gasteiger partial charge in [0.25, 0.3) is 11.8 Å². The third-order valence-corrected chi connectivity index (χ3v) is 6.08. The minimum atomic E-state index is -0.970. The Morgan fingerprint density at radius 1 is 0.970 bits per heavy atom. The van der Waals surface area contributed by atoms with E-state index in [1.807, 2.05) is 30.3 Å². The molecule has 4 amide bonds. The maximum atomic E-state index is 13.4. The van der Waals surface area contributed by atoms with Gasteiger partial charge in [-0.25, -0.2) is 4.79 Å². The summed E-state index contributed by atoms with van der Waals surface area (Å²) in [4.78, 5) is 54.2. The van der Waals surface area contributed by atoms with Gasteiger partial charge in [0, 0.05) is 25.6 Å². The summed E-state index contributed by atoms with van der Waals surface area (Å²) in [5, 5.41) is 3.01. The van der Waals surface area contributed by atoms with Gasteiger partial charge in [-0.15, -0.1) is 0 Å². The predicted octanol–water partition coefficient (Wildman–Crippen LogP) is 2.63. The van der Waals surface area contributed by atoms with E-state index in [-0.39, 0.29) is 24.5 Å². The number of hydrogen-bond donors (Lipinski definition) is 1. The molecule has 0 aromatic heterocycles. The van der Waals surface area contributed by atoms with E-state index in [1.54, 1.807) is 36.1 Å². The van der Waals surface area contributed by atoms with E-state index in [0.29, 0.717) is 43.7 Å². The highest BCUT2D eigenvalue weighted by Gasteiger charge is 2.43. The van der Waals surface area contributed by atoms with Crippen LogP contribution in [0.5, 0.6) is 0 Å². The monoisotopic (exact) mass is 449 g/mol. The topological polar surface area (TPSA) is 96.0 Å². The average Bonchev–Trinajstić information content (AvgIpc) is 3.09. The third-order valence-electron chi connectivity index (χ3n) is 6.08. The number of rotatable bonds is 6. The fourth-order valence-electron chi connectivity index (χ4n) is 4.35. The number of likely N-dealkylation sites (tertiary alicyclic amines) is 1. The molecule has 8 nitrogen and oxygen atoms in total. The Labute approximate surface area is 192 Å². The molecule has 1 atom stereocenters. The summed E-state index contributed by atoms with van der Waals surface area (Å²) in [5.74, 6) is -1.28. The van der Waals surface area contributed by atoms with Crippen LogP contribution in [0.4, 0.5) is 4.79 Å². The molecule has 0 radical (unpaired) electrons. The molecule has 0 spiro atoms. The van der Waals surface area contributed by atoms with Crippen LogP contribution < -0.4 is 5.32 Å². The Kier molecular flexibility index (Phi) is 6.72. The quantitative estimate of drug-likeness (QED) is 0.684. The highest BCUT2D eigenvalue weighted by molar-refractivity contribution is 6.22. The van der Waals surface area contributed by atoms with Crippen molar-refractivity contribution in [2.24, 2.45) is 0 Å². The lowest BCUT2D eigenvalue weighted by atomic mass is 10.0. The van der Waals surface area contributed by atoms with E-state index in [2.05, 4.69) is 5.32 Å². The Morgan fingerprint density at radius 3 is 2.12 bits per heavy atom. The van der Waals surface area contributed by atoms with Crippen molar-refractivity contribution in [2.45, 2.75) is 38.3 Å². The number of nitrogens with zero attached hydrogens (tertiary/aromatic N) is 2. The van der Waals surface area contributed by atoms with Crippen molar-refractivity contribution in [1.82, 2.24) is 15.1 Å². The summed E-state index contributed by atoms with van der Waals surface area (Å²) >= 11 is 0. The van der Waals surface area contributed by atoms with E-state index in [0.717, 1.165) is 10.5 Å². The number of piperidine rings is 1. The number of carbonyl (C=O) groups excluding carboxylic acids is 4. The van der Waals surface area contributed by atoms with Crippen molar-refractivity contribution < 1.29 is 23.9 Å². The predicted molar refractivity (Wildman–Crippen MR) is 121 cm³/mol. The van der Waals surface area contributed by atoms with Crippen LogP contribution in [0.1, 0.15) is 46.0 Å². The van der Waals surface area contributed by atoms with E-state index < -0.39 is 17.9 Å². The van der Waals surface area contributed by atoms with Gasteiger partial charge < -0.3 is 15.0 Å². The first kappa shape index (κ1) is 22.5. The Bertz CT molecular complexity index is 1010. The van der Waals surface area contributed by atoms with Gasteiger partial charge in [-0.2, -0.15) is 0 Å². The van der Waals surface area contributed by atoms with Crippen LogP contribution in [0, 0.1) is 0 Å². The standard InChI is InChI=1S/C25H27N3O5/c1-2-33-25(32)27-14-12-18(13-15-27)26-22(29)21(16-17-8-4-3-5-9-17)28-23(30)19-10-6-7-11-20(19)24(28)31/h3-11,18,21H,2,12-16H2,1H3,(H,26,29). The van der Waals surface area contributed by atoms with Crippen molar-refractivity contribution in [3.05, 3.63) is 71.3 Å². The lowest BCUT2D eigenvalue weighted by molar-refractivity contribution is -0.126. The van der Waals surface area contributed by atoms with Gasteiger partial charge in [-0.1, -0.05) is 42.5 Å². The Morgan fingerprint density at radius 2 is 1.55 bits per heavy atom. The second-order valence-electron chi connectivity index (χ2n) is 8.20. The van der Waals surface area contributed by atoms with Crippen LogP contribution >= 0.6 is 0 Å². The average molecular weight is 450 g/mol. The molecule has 1 fully saturated rings. The molecule has 33 heavy (non-hydrogen) atoms. The van der Waals surface area contributed by atoms with Crippen molar-refractivity contribution in [3.8, 4) is 0 Å². The summed E-state index contributed by atoms with van der Waals surface area (Å²) in [6.07, 6.45) is 1.02. The molecule has 172 valence electrons. The lowest BCUT2D eigenvalue weighted by Crippen LogP contribution is -2.54. The molecule has 2 aliphatic heterocycles. The van der Waals surface area contributed by atoms with Gasteiger partial charge in [0.2, 0.25) is 5.91 Å². The van der Waals surface area contributed by atoms with Crippen LogP contribution in [0.25, 0.3) is 0 Å². The number of ether oxygens (including phenoxy) is 1. The largest absolute Gasteiger partial charge is 0.450 e. The number of imide groups is 1. The minimum absolute atomic E-state index is 0.156. The molecule has 0 aliphatic carbocycles. The molecule has 0 saturated carbocycles. The van der Waals surface area contributed by atoms with Crippen LogP contribution in [-0.2, 0) is 16.0 Å². The first-order chi connectivity index (χ1) is 16.0. The number of amides is 4. The normalized spacial score (nSPS) is 17.0. The summed E-state index contributed by atoms with van der Waals surface area (Å²) in [6, 6.07) is 14.8. The summed E-state index contributed by atoms with van der Waals surface area (Å²) in [5.41, 5.74) is 1.48. The lowest BCUT2D eigenvalue weighted by Gasteiger charge is -2.33. The van der Waals surface area contributed by atoms with E-state index in [9.17, 15) is 19.2 Å². The molecule has 4 rings (SSSR count). The second-order valence-corrected chi connectivity index (χ2v) is 8.20. The van der Waals surface area contributed by atoms with Crippen LogP contribution in [-0.4, -0.2) is 65.4 Å². The SMILES string of the molecule is CCOC(=O)N1CCC(NC(=O)C(Cc2ccccc2)N2C(=O)c3ccccc3C2=O)CC1. The molecule has 2 heterocycles. The van der Waals surface area contributed by atoms with Crippen LogP contribution in [0.3, 0.4) is 0 Å². The first-order valence-electron chi connectivity index (χ1n) is 11.2. The maximum Gasteiger partial charge on any atom is 0.409 e. The maximum absolute atomic E-state index is 13.4. The number of hydrogen-bond acceptors (Lipinski definition) is 5. The molecular weight excluding hydrogens is 422 g/mol. The molecule has 2 aromatic carbocycles. The van der Waals surface area contributed by atoms with E-state index in [1.165, 1.54) is 0 Å². The fourth-order valence-corrected chi connectivity index (χ4v) is 4.35. The van der Waals surface area contributed by atoms with Crippen molar-refractivity contribution in [2.75, 3.05) is 19.7 Å². The third kappa shape index (κ3) is 4.74. The number of carbonyl (C=O) groups is 4. The highest BCUT2D eigenvalue weighted by atomic mass is 16.6. The molecule has 0 bridgehead atoms. The molecule has 1 saturated heterocycles. The first-order valence-corrected chi connectivity index (χ1v) is 11.2. The molecule has 8 heteroatoms. The zero-order chi connectivity index (χ0) is 23.4. The summed E-state index contributed by atoms with van der Waals surface area (Å²) < 4.78 is 5.04. The number of benzene rings is 2. The zero-order valence-corrected chi connectivity index (χ0v) is 18.5. The smallest absolute Gasteiger partial charge is 0.409 e. The second kappa shape index (κ2) is 9.85. The van der Waals surface area contributed by atoms with Gasteiger partial charge in [-0.05, 0) is 37.5 Å². The van der Waals surface area contributed by atoms with E-state index >= 15 is 0 Å². The van der Waals surface area contributed by atoms with Gasteiger partial charge in [0.15, 0.2) is 0 Å². The zero-order valence-electron chi connectivity index (χ0n) is 18.5. The molecule has 2 aromatic rings. The summed E-state index contributed by atoms with van der Waals surface area (Å²) in [7, 11) is 0. The van der Waals surface area contributed by atoms with E-state index in [4.69, 9.17) is 4.74 Å². The van der Waals surface area contributed by atoms with Crippen molar-refractivity contribution >= 4 is 23.8 Å².